The lowest BCUT2D eigenvalue weighted by Crippen LogP contribution is -2.43. The molecule has 1 aromatic heterocycles. The van der Waals surface area contributed by atoms with Gasteiger partial charge in [0.2, 0.25) is 0 Å². The van der Waals surface area contributed by atoms with E-state index in [2.05, 4.69) is 22.2 Å². The summed E-state index contributed by atoms with van der Waals surface area (Å²) in [5.74, 6) is 1.60. The van der Waals surface area contributed by atoms with E-state index in [1.54, 1.807) is 12.4 Å². The molecular formula is C19H23N3O2. The van der Waals surface area contributed by atoms with Crippen molar-refractivity contribution in [1.82, 2.24) is 15.3 Å². The molecule has 3 rings (SSSR count). The zero-order chi connectivity index (χ0) is 16.8. The molecule has 1 N–H and O–H groups in total. The van der Waals surface area contributed by atoms with Gasteiger partial charge in [0.05, 0.1) is 12.4 Å². The Kier molecular flexibility index (Phi) is 5.41. The molecular weight excluding hydrogens is 302 g/mol. The number of nitrogens with one attached hydrogen (secondary N) is 1. The van der Waals surface area contributed by atoms with Gasteiger partial charge in [0.15, 0.2) is 18.2 Å². The third-order valence-corrected chi connectivity index (χ3v) is 4.49. The molecule has 5 nitrogen and oxygen atoms in total. The van der Waals surface area contributed by atoms with Crippen molar-refractivity contribution in [2.45, 2.75) is 38.6 Å². The van der Waals surface area contributed by atoms with Crippen molar-refractivity contribution in [2.24, 2.45) is 5.92 Å². The fourth-order valence-corrected chi connectivity index (χ4v) is 3.06. The Morgan fingerprint density at radius 2 is 1.88 bits per heavy atom. The first-order valence-corrected chi connectivity index (χ1v) is 8.52. The SMILES string of the molecule is CC1CCCCC1NC(=O)COc1cnc(-c2ccccc2)nc1. The number of benzene rings is 1. The average Bonchev–Trinajstić information content (AvgIpc) is 2.63. The number of ether oxygens (including phenoxy) is 1. The van der Waals surface area contributed by atoms with E-state index in [-0.39, 0.29) is 18.6 Å². The minimum Gasteiger partial charge on any atom is -0.481 e. The molecule has 2 atom stereocenters. The highest BCUT2D eigenvalue weighted by atomic mass is 16.5. The second kappa shape index (κ2) is 7.90. The van der Waals surface area contributed by atoms with Crippen molar-refractivity contribution < 1.29 is 9.53 Å². The number of hydrogen-bond acceptors (Lipinski definition) is 4. The van der Waals surface area contributed by atoms with E-state index in [1.165, 1.54) is 19.3 Å². The molecule has 0 saturated heterocycles. The third kappa shape index (κ3) is 4.31. The Labute approximate surface area is 142 Å². The van der Waals surface area contributed by atoms with Crippen molar-refractivity contribution in [2.75, 3.05) is 6.61 Å². The van der Waals surface area contributed by atoms with Crippen molar-refractivity contribution >= 4 is 5.91 Å². The predicted octanol–water partition coefficient (Wildman–Crippen LogP) is 3.22. The maximum Gasteiger partial charge on any atom is 0.258 e. The van der Waals surface area contributed by atoms with Crippen LogP contribution in [-0.4, -0.2) is 28.5 Å². The van der Waals surface area contributed by atoms with Crippen LogP contribution in [0.25, 0.3) is 11.4 Å². The van der Waals surface area contributed by atoms with Crippen LogP contribution in [-0.2, 0) is 4.79 Å². The van der Waals surface area contributed by atoms with E-state index in [4.69, 9.17) is 4.74 Å². The quantitative estimate of drug-likeness (QED) is 0.917. The first-order chi connectivity index (χ1) is 11.7. The average molecular weight is 325 g/mol. The van der Waals surface area contributed by atoms with Crippen LogP contribution >= 0.6 is 0 Å². The van der Waals surface area contributed by atoms with Gasteiger partial charge in [-0.15, -0.1) is 0 Å². The van der Waals surface area contributed by atoms with E-state index in [1.807, 2.05) is 30.3 Å². The van der Waals surface area contributed by atoms with Gasteiger partial charge < -0.3 is 10.1 Å². The molecule has 1 saturated carbocycles. The lowest BCUT2D eigenvalue weighted by Gasteiger charge is -2.29. The molecule has 1 amide bonds. The normalized spacial score (nSPS) is 20.4. The van der Waals surface area contributed by atoms with E-state index < -0.39 is 0 Å². The Bertz CT molecular complexity index is 658. The van der Waals surface area contributed by atoms with Gasteiger partial charge >= 0.3 is 0 Å². The van der Waals surface area contributed by atoms with E-state index in [9.17, 15) is 4.79 Å². The highest BCUT2D eigenvalue weighted by molar-refractivity contribution is 5.77. The summed E-state index contributed by atoms with van der Waals surface area (Å²) in [5.41, 5.74) is 0.952. The van der Waals surface area contributed by atoms with Crippen LogP contribution in [0.3, 0.4) is 0 Å². The molecule has 5 heteroatoms. The Balaban J connectivity index is 1.50. The summed E-state index contributed by atoms with van der Waals surface area (Å²) < 4.78 is 5.50. The van der Waals surface area contributed by atoms with Gasteiger partial charge in [-0.25, -0.2) is 9.97 Å². The molecule has 1 fully saturated rings. The minimum absolute atomic E-state index is 0.00271. The van der Waals surface area contributed by atoms with Crippen LogP contribution in [0.15, 0.2) is 42.7 Å². The summed E-state index contributed by atoms with van der Waals surface area (Å²) in [7, 11) is 0. The molecule has 1 aliphatic rings. The molecule has 2 unspecified atom stereocenters. The van der Waals surface area contributed by atoms with E-state index in [0.29, 0.717) is 17.5 Å². The first kappa shape index (κ1) is 16.4. The zero-order valence-corrected chi connectivity index (χ0v) is 13.9. The molecule has 1 heterocycles. The number of aromatic nitrogens is 2. The van der Waals surface area contributed by atoms with Crippen LogP contribution in [0.4, 0.5) is 0 Å². The monoisotopic (exact) mass is 325 g/mol. The molecule has 2 aromatic rings. The maximum absolute atomic E-state index is 12.0. The summed E-state index contributed by atoms with van der Waals surface area (Å²) in [6, 6.07) is 10.0. The van der Waals surface area contributed by atoms with Crippen LogP contribution in [0.1, 0.15) is 32.6 Å². The van der Waals surface area contributed by atoms with Gasteiger partial charge in [-0.1, -0.05) is 50.1 Å². The molecule has 0 spiro atoms. The lowest BCUT2D eigenvalue weighted by atomic mass is 9.86. The van der Waals surface area contributed by atoms with Crippen LogP contribution in [0.2, 0.25) is 0 Å². The number of nitrogens with zero attached hydrogens (tertiary/aromatic N) is 2. The van der Waals surface area contributed by atoms with Gasteiger partial charge in [-0.05, 0) is 18.8 Å². The van der Waals surface area contributed by atoms with Crippen molar-refractivity contribution in [1.29, 1.82) is 0 Å². The minimum atomic E-state index is -0.0825. The highest BCUT2D eigenvalue weighted by Gasteiger charge is 2.22. The summed E-state index contributed by atoms with van der Waals surface area (Å²) >= 11 is 0. The Morgan fingerprint density at radius 3 is 2.58 bits per heavy atom. The van der Waals surface area contributed by atoms with Crippen molar-refractivity contribution in [3.8, 4) is 17.1 Å². The fourth-order valence-electron chi connectivity index (χ4n) is 3.06. The molecule has 1 aromatic carbocycles. The predicted molar refractivity (Wildman–Crippen MR) is 92.5 cm³/mol. The first-order valence-electron chi connectivity index (χ1n) is 8.52. The van der Waals surface area contributed by atoms with Gasteiger partial charge in [-0.2, -0.15) is 0 Å². The molecule has 0 aliphatic heterocycles. The highest BCUT2D eigenvalue weighted by Crippen LogP contribution is 2.23. The van der Waals surface area contributed by atoms with Crippen LogP contribution < -0.4 is 10.1 Å². The summed E-state index contributed by atoms with van der Waals surface area (Å²) in [6.45, 7) is 2.19. The van der Waals surface area contributed by atoms with Crippen molar-refractivity contribution in [3.63, 3.8) is 0 Å². The smallest absolute Gasteiger partial charge is 0.258 e. The summed E-state index contributed by atoms with van der Waals surface area (Å²) in [5, 5.41) is 3.07. The van der Waals surface area contributed by atoms with Gasteiger partial charge in [0, 0.05) is 11.6 Å². The van der Waals surface area contributed by atoms with Crippen LogP contribution in [0.5, 0.6) is 5.75 Å². The van der Waals surface area contributed by atoms with Gasteiger partial charge in [0.25, 0.3) is 5.91 Å². The Hall–Kier alpha value is -2.43. The Morgan fingerprint density at radius 1 is 1.17 bits per heavy atom. The standard InChI is InChI=1S/C19H23N3O2/c1-14-7-5-6-10-17(14)22-18(23)13-24-16-11-20-19(21-12-16)15-8-3-2-4-9-15/h2-4,8-9,11-12,14,17H,5-7,10,13H2,1H3,(H,22,23). The third-order valence-electron chi connectivity index (χ3n) is 4.49. The molecule has 1 aliphatic carbocycles. The topological polar surface area (TPSA) is 64.1 Å². The lowest BCUT2D eigenvalue weighted by molar-refractivity contribution is -0.124. The maximum atomic E-state index is 12.0. The van der Waals surface area contributed by atoms with E-state index in [0.717, 1.165) is 12.0 Å². The van der Waals surface area contributed by atoms with Gasteiger partial charge in [-0.3, -0.25) is 4.79 Å². The number of carbonyl (C=O) groups is 1. The number of hydrogen-bond donors (Lipinski definition) is 1. The molecule has 126 valence electrons. The largest absolute Gasteiger partial charge is 0.481 e. The molecule has 0 bridgehead atoms. The second-order valence-electron chi connectivity index (χ2n) is 6.33. The molecule has 24 heavy (non-hydrogen) atoms. The van der Waals surface area contributed by atoms with E-state index >= 15 is 0 Å². The number of carbonyl (C=O) groups excluding carboxylic acids is 1. The molecule has 0 radical (unpaired) electrons. The number of amides is 1. The summed E-state index contributed by atoms with van der Waals surface area (Å²) in [4.78, 5) is 20.6. The zero-order valence-electron chi connectivity index (χ0n) is 13.9. The summed E-state index contributed by atoms with van der Waals surface area (Å²) in [6.07, 6.45) is 7.89. The fraction of sp³-hybridized carbons (Fsp3) is 0.421. The van der Waals surface area contributed by atoms with Gasteiger partial charge in [0.1, 0.15) is 0 Å². The number of rotatable bonds is 5. The van der Waals surface area contributed by atoms with Crippen molar-refractivity contribution in [3.05, 3.63) is 42.7 Å². The van der Waals surface area contributed by atoms with Crippen LogP contribution in [0, 0.1) is 5.92 Å². The second-order valence-corrected chi connectivity index (χ2v) is 6.33.